The van der Waals surface area contributed by atoms with E-state index < -0.39 is 59.8 Å². The van der Waals surface area contributed by atoms with Crippen molar-refractivity contribution in [2.24, 2.45) is 0 Å². The Labute approximate surface area is 258 Å². The lowest BCUT2D eigenvalue weighted by Gasteiger charge is -2.41. The molecule has 43 heavy (non-hydrogen) atoms. The van der Waals surface area contributed by atoms with Crippen molar-refractivity contribution in [1.29, 1.82) is 0 Å². The molecule has 1 heterocycles. The van der Waals surface area contributed by atoms with Gasteiger partial charge in [-0.1, -0.05) is 104 Å². The summed E-state index contributed by atoms with van der Waals surface area (Å²) in [6, 6.07) is 0. The quantitative estimate of drug-likeness (QED) is 0.0570. The van der Waals surface area contributed by atoms with E-state index in [1.165, 1.54) is 64.2 Å². The molecule has 1 saturated heterocycles. The second kappa shape index (κ2) is 24.3. The van der Waals surface area contributed by atoms with E-state index in [4.69, 9.17) is 23.5 Å². The molecule has 0 aromatic carbocycles. The van der Waals surface area contributed by atoms with Crippen molar-refractivity contribution in [3.63, 3.8) is 0 Å². The van der Waals surface area contributed by atoms with Crippen LogP contribution < -0.4 is 0 Å². The summed E-state index contributed by atoms with van der Waals surface area (Å²) in [6.07, 6.45) is 9.66. The van der Waals surface area contributed by atoms with Gasteiger partial charge in [0.25, 0.3) is 0 Å². The first kappa shape index (κ1) is 40.1. The third kappa shape index (κ3) is 19.3. The van der Waals surface area contributed by atoms with Gasteiger partial charge in [0.05, 0.1) is 19.8 Å². The summed E-state index contributed by atoms with van der Waals surface area (Å²) < 4.78 is 58.1. The summed E-state index contributed by atoms with van der Waals surface area (Å²) in [6.45, 7) is 3.77. The van der Waals surface area contributed by atoms with Gasteiger partial charge < -0.3 is 34.3 Å². The molecule has 0 radical (unpaired) electrons. The Balaban J connectivity index is 2.45. The van der Waals surface area contributed by atoms with E-state index in [1.54, 1.807) is 0 Å². The van der Waals surface area contributed by atoms with Crippen LogP contribution in [0.1, 0.15) is 123 Å². The van der Waals surface area contributed by atoms with E-state index in [9.17, 15) is 28.5 Å². The zero-order chi connectivity index (χ0) is 31.9. The molecule has 6 atom stereocenters. The van der Waals surface area contributed by atoms with Gasteiger partial charge in [-0.2, -0.15) is 8.42 Å². The number of hydrogen-bond acceptors (Lipinski definition) is 11. The number of rotatable bonds is 27. The predicted molar refractivity (Wildman–Crippen MR) is 161 cm³/mol. The Morgan fingerprint density at radius 3 is 1.86 bits per heavy atom. The van der Waals surface area contributed by atoms with Crippen LogP contribution in [0.4, 0.5) is 0 Å². The SMILES string of the molecule is CCCCCCCCCCCCCCCOCC(COC1OC(CO)C(O)C(OS(=O)(=O)O)C1O)OC(=O)CCCCC. The molecule has 4 N–H and O–H groups in total. The Morgan fingerprint density at radius 1 is 0.791 bits per heavy atom. The molecule has 256 valence electrons. The first-order chi connectivity index (χ1) is 20.6. The molecule has 13 heteroatoms. The highest BCUT2D eigenvalue weighted by Crippen LogP contribution is 2.26. The Kier molecular flexibility index (Phi) is 22.7. The third-order valence-corrected chi connectivity index (χ3v) is 7.94. The number of carbonyl (C=O) groups excluding carboxylic acids is 1. The van der Waals surface area contributed by atoms with Crippen LogP contribution in [-0.2, 0) is 38.3 Å². The van der Waals surface area contributed by atoms with Gasteiger partial charge in [0, 0.05) is 13.0 Å². The number of ether oxygens (including phenoxy) is 4. The highest BCUT2D eigenvalue weighted by molar-refractivity contribution is 7.80. The second-order valence-electron chi connectivity index (χ2n) is 11.4. The molecule has 1 rings (SSSR count). The fraction of sp³-hybridized carbons (Fsp3) is 0.967. The highest BCUT2D eigenvalue weighted by atomic mass is 32.3. The minimum Gasteiger partial charge on any atom is -0.457 e. The van der Waals surface area contributed by atoms with E-state index in [1.807, 2.05) is 6.92 Å². The van der Waals surface area contributed by atoms with Crippen LogP contribution in [0.15, 0.2) is 0 Å². The van der Waals surface area contributed by atoms with Crippen molar-refractivity contribution in [1.82, 2.24) is 0 Å². The molecule has 0 aromatic rings. The maximum absolute atomic E-state index is 12.4. The van der Waals surface area contributed by atoms with Gasteiger partial charge in [-0.15, -0.1) is 0 Å². The smallest absolute Gasteiger partial charge is 0.397 e. The maximum atomic E-state index is 12.4. The lowest BCUT2D eigenvalue weighted by atomic mass is 9.99. The van der Waals surface area contributed by atoms with E-state index in [0.717, 1.165) is 32.1 Å². The zero-order valence-electron chi connectivity index (χ0n) is 26.3. The summed E-state index contributed by atoms with van der Waals surface area (Å²) in [5.41, 5.74) is 0. The van der Waals surface area contributed by atoms with Gasteiger partial charge in [0.2, 0.25) is 0 Å². The van der Waals surface area contributed by atoms with E-state index in [-0.39, 0.29) is 19.6 Å². The van der Waals surface area contributed by atoms with Crippen molar-refractivity contribution in [3.8, 4) is 0 Å². The Hall–Kier alpha value is -0.900. The number of hydrogen-bond donors (Lipinski definition) is 4. The Bertz CT molecular complexity index is 796. The normalized spacial score (nSPS) is 23.3. The molecule has 0 saturated carbocycles. The van der Waals surface area contributed by atoms with Gasteiger partial charge in [-0.25, -0.2) is 4.18 Å². The third-order valence-electron chi connectivity index (χ3n) is 7.48. The molecule has 0 spiro atoms. The van der Waals surface area contributed by atoms with Crippen LogP contribution in [0, 0.1) is 0 Å². The van der Waals surface area contributed by atoms with Crippen LogP contribution in [0.25, 0.3) is 0 Å². The Morgan fingerprint density at radius 2 is 1.33 bits per heavy atom. The zero-order valence-corrected chi connectivity index (χ0v) is 27.1. The summed E-state index contributed by atoms with van der Waals surface area (Å²) in [5, 5.41) is 30.2. The molecule has 0 bridgehead atoms. The van der Waals surface area contributed by atoms with Crippen molar-refractivity contribution >= 4 is 16.4 Å². The lowest BCUT2D eigenvalue weighted by Crippen LogP contribution is -2.60. The van der Waals surface area contributed by atoms with Crippen LogP contribution in [0.2, 0.25) is 0 Å². The fourth-order valence-corrected chi connectivity index (χ4v) is 5.47. The maximum Gasteiger partial charge on any atom is 0.397 e. The number of aliphatic hydroxyl groups excluding tert-OH is 3. The van der Waals surface area contributed by atoms with Crippen molar-refractivity contribution in [2.75, 3.05) is 26.4 Å². The lowest BCUT2D eigenvalue weighted by molar-refractivity contribution is -0.301. The largest absolute Gasteiger partial charge is 0.457 e. The molecule has 1 aliphatic heterocycles. The summed E-state index contributed by atoms with van der Waals surface area (Å²) in [5.74, 6) is -0.423. The predicted octanol–water partition coefficient (Wildman–Crippen LogP) is 4.23. The summed E-state index contributed by atoms with van der Waals surface area (Å²) in [4.78, 5) is 12.4. The van der Waals surface area contributed by atoms with E-state index in [2.05, 4.69) is 11.1 Å². The van der Waals surface area contributed by atoms with Crippen molar-refractivity contribution in [2.45, 2.75) is 160 Å². The fourth-order valence-electron chi connectivity index (χ4n) is 4.96. The molecule has 1 fully saturated rings. The molecule has 0 aromatic heterocycles. The van der Waals surface area contributed by atoms with Crippen molar-refractivity contribution < 1.29 is 56.2 Å². The first-order valence-corrected chi connectivity index (χ1v) is 17.7. The minimum absolute atomic E-state index is 0.0393. The van der Waals surface area contributed by atoms with Gasteiger partial charge in [0.15, 0.2) is 6.29 Å². The molecule has 0 aliphatic carbocycles. The molecule has 6 unspecified atom stereocenters. The van der Waals surface area contributed by atoms with Gasteiger partial charge in [0.1, 0.15) is 30.5 Å². The standard InChI is InChI=1S/C30H58O12S/c1-3-5-7-8-9-10-11-12-13-14-15-16-18-20-38-22-24(40-26(32)19-17-6-4-2)23-39-30-28(34)29(42-43(35,36)37)27(33)25(21-31)41-30/h24-25,27-31,33-34H,3-23H2,1-2H3,(H,35,36,37). The van der Waals surface area contributed by atoms with Crippen LogP contribution in [0.3, 0.4) is 0 Å². The molecule has 0 amide bonds. The molecule has 1 aliphatic rings. The van der Waals surface area contributed by atoms with Gasteiger partial charge in [-0.3, -0.25) is 9.35 Å². The van der Waals surface area contributed by atoms with Crippen LogP contribution in [-0.4, -0.2) is 97.5 Å². The summed E-state index contributed by atoms with van der Waals surface area (Å²) in [7, 11) is -5.04. The van der Waals surface area contributed by atoms with E-state index >= 15 is 0 Å². The minimum atomic E-state index is -5.04. The topological polar surface area (TPSA) is 178 Å². The van der Waals surface area contributed by atoms with Crippen LogP contribution in [0.5, 0.6) is 0 Å². The second-order valence-corrected chi connectivity index (χ2v) is 12.5. The number of unbranched alkanes of at least 4 members (excludes halogenated alkanes) is 14. The van der Waals surface area contributed by atoms with Gasteiger partial charge >= 0.3 is 16.4 Å². The van der Waals surface area contributed by atoms with Crippen molar-refractivity contribution in [3.05, 3.63) is 0 Å². The average molecular weight is 643 g/mol. The molecule has 12 nitrogen and oxygen atoms in total. The highest BCUT2D eigenvalue weighted by Gasteiger charge is 2.48. The number of carbonyl (C=O) groups is 1. The van der Waals surface area contributed by atoms with Crippen LogP contribution >= 0.6 is 0 Å². The number of aliphatic hydroxyl groups is 3. The molecular formula is C30H58O12S. The average Bonchev–Trinajstić information content (AvgIpc) is 2.96. The monoisotopic (exact) mass is 642 g/mol. The van der Waals surface area contributed by atoms with Gasteiger partial charge in [-0.05, 0) is 12.8 Å². The first-order valence-electron chi connectivity index (χ1n) is 16.3. The summed E-state index contributed by atoms with van der Waals surface area (Å²) >= 11 is 0. The van der Waals surface area contributed by atoms with E-state index in [0.29, 0.717) is 13.0 Å². The molecular weight excluding hydrogens is 584 g/mol. The number of esters is 1.